The SMILES string of the molecule is Cc1c(/C=N\NC(=O)c2ccc(C(C)(C)C)cc2)c2ccccc2n1Cc1ccc(Cl)c(Cl)c1. The fourth-order valence-electron chi connectivity index (χ4n) is 3.99. The summed E-state index contributed by atoms with van der Waals surface area (Å²) in [4.78, 5) is 12.6. The Balaban J connectivity index is 1.58. The Morgan fingerprint density at radius 1 is 1.00 bits per heavy atom. The number of amides is 1. The van der Waals surface area contributed by atoms with Gasteiger partial charge in [-0.1, -0.05) is 80.4 Å². The van der Waals surface area contributed by atoms with Gasteiger partial charge in [0.1, 0.15) is 0 Å². The molecule has 0 spiro atoms. The second kappa shape index (κ2) is 9.65. The van der Waals surface area contributed by atoms with E-state index in [1.165, 1.54) is 5.56 Å². The molecule has 4 nitrogen and oxygen atoms in total. The lowest BCUT2D eigenvalue weighted by Gasteiger charge is -2.18. The molecule has 4 aromatic rings. The Kier molecular flexibility index (Phi) is 6.83. The summed E-state index contributed by atoms with van der Waals surface area (Å²) in [6.45, 7) is 9.13. The molecule has 6 heteroatoms. The van der Waals surface area contributed by atoms with Gasteiger partial charge in [0, 0.05) is 34.3 Å². The summed E-state index contributed by atoms with van der Waals surface area (Å²) in [7, 11) is 0. The van der Waals surface area contributed by atoms with Crippen LogP contribution in [0.25, 0.3) is 10.9 Å². The minimum absolute atomic E-state index is 0.0379. The summed E-state index contributed by atoms with van der Waals surface area (Å²) < 4.78 is 2.21. The van der Waals surface area contributed by atoms with Crippen LogP contribution in [0, 0.1) is 6.92 Å². The van der Waals surface area contributed by atoms with E-state index in [-0.39, 0.29) is 11.3 Å². The molecule has 0 unspecified atom stereocenters. The smallest absolute Gasteiger partial charge is 0.271 e. The third kappa shape index (κ3) is 5.03. The van der Waals surface area contributed by atoms with Crippen LogP contribution in [0.15, 0.2) is 71.8 Å². The van der Waals surface area contributed by atoms with Crippen molar-refractivity contribution in [2.24, 2.45) is 5.10 Å². The van der Waals surface area contributed by atoms with Gasteiger partial charge < -0.3 is 4.57 Å². The van der Waals surface area contributed by atoms with Crippen molar-refractivity contribution in [3.05, 3.63) is 105 Å². The van der Waals surface area contributed by atoms with Crippen molar-refractivity contribution in [2.45, 2.75) is 39.7 Å². The number of nitrogens with zero attached hydrogens (tertiary/aromatic N) is 2. The van der Waals surface area contributed by atoms with Gasteiger partial charge in [0.2, 0.25) is 0 Å². The summed E-state index contributed by atoms with van der Waals surface area (Å²) in [5.74, 6) is -0.242. The van der Waals surface area contributed by atoms with Crippen molar-refractivity contribution in [3.63, 3.8) is 0 Å². The lowest BCUT2D eigenvalue weighted by atomic mass is 9.87. The summed E-state index contributed by atoms with van der Waals surface area (Å²) in [6.07, 6.45) is 1.71. The molecule has 0 saturated heterocycles. The number of rotatable bonds is 5. The van der Waals surface area contributed by atoms with Crippen LogP contribution >= 0.6 is 23.2 Å². The van der Waals surface area contributed by atoms with Crippen LogP contribution < -0.4 is 5.43 Å². The predicted molar refractivity (Wildman–Crippen MR) is 142 cm³/mol. The summed E-state index contributed by atoms with van der Waals surface area (Å²) in [5.41, 5.74) is 8.58. The Labute approximate surface area is 210 Å². The second-order valence-corrected chi connectivity index (χ2v) is 10.2. The molecule has 0 aliphatic rings. The van der Waals surface area contributed by atoms with Crippen LogP contribution in [-0.4, -0.2) is 16.7 Å². The third-order valence-corrected chi connectivity index (χ3v) is 6.72. The summed E-state index contributed by atoms with van der Waals surface area (Å²) >= 11 is 12.3. The topological polar surface area (TPSA) is 46.4 Å². The van der Waals surface area contributed by atoms with E-state index in [1.807, 2.05) is 61.5 Å². The van der Waals surface area contributed by atoms with Crippen molar-refractivity contribution < 1.29 is 4.79 Å². The Morgan fingerprint density at radius 2 is 1.71 bits per heavy atom. The molecule has 0 atom stereocenters. The number of para-hydroxylation sites is 1. The molecule has 0 radical (unpaired) electrons. The monoisotopic (exact) mass is 491 g/mol. The van der Waals surface area contributed by atoms with E-state index in [0.29, 0.717) is 22.2 Å². The number of benzene rings is 3. The Hall–Kier alpha value is -3.08. The van der Waals surface area contributed by atoms with Gasteiger partial charge in [-0.15, -0.1) is 0 Å². The van der Waals surface area contributed by atoms with Crippen LogP contribution in [-0.2, 0) is 12.0 Å². The summed E-state index contributed by atoms with van der Waals surface area (Å²) in [5, 5.41) is 6.41. The molecule has 4 rings (SSSR count). The standard InChI is InChI=1S/C28H27Cl2N3O/c1-18-23(16-31-32-27(34)20-10-12-21(13-11-20)28(2,3)4)22-7-5-6-8-26(22)33(18)17-19-9-14-24(29)25(30)15-19/h5-16H,17H2,1-4H3,(H,32,34)/b31-16-. The van der Waals surface area contributed by atoms with Gasteiger partial charge in [0.15, 0.2) is 0 Å². The molecular formula is C28H27Cl2N3O. The van der Waals surface area contributed by atoms with Gasteiger partial charge in [0.05, 0.1) is 16.3 Å². The molecule has 1 heterocycles. The molecule has 0 aliphatic heterocycles. The van der Waals surface area contributed by atoms with Gasteiger partial charge in [-0.2, -0.15) is 5.10 Å². The zero-order valence-corrected chi connectivity index (χ0v) is 21.2. The van der Waals surface area contributed by atoms with E-state index in [1.54, 1.807) is 6.21 Å². The van der Waals surface area contributed by atoms with Crippen molar-refractivity contribution in [3.8, 4) is 0 Å². The first-order valence-electron chi connectivity index (χ1n) is 11.1. The lowest BCUT2D eigenvalue weighted by Crippen LogP contribution is -2.18. The quantitative estimate of drug-likeness (QED) is 0.230. The van der Waals surface area contributed by atoms with Crippen molar-refractivity contribution in [1.29, 1.82) is 0 Å². The molecule has 1 N–H and O–H groups in total. The molecule has 0 fully saturated rings. The number of nitrogens with one attached hydrogen (secondary N) is 1. The first kappa shape index (κ1) is 24.1. The highest BCUT2D eigenvalue weighted by Gasteiger charge is 2.15. The first-order valence-corrected chi connectivity index (χ1v) is 11.9. The first-order chi connectivity index (χ1) is 16.1. The average molecular weight is 492 g/mol. The van der Waals surface area contributed by atoms with Gasteiger partial charge in [-0.05, 0) is 53.8 Å². The normalized spacial score (nSPS) is 11.9. The molecule has 0 saturated carbocycles. The van der Waals surface area contributed by atoms with E-state index in [9.17, 15) is 4.79 Å². The maximum absolute atomic E-state index is 12.6. The van der Waals surface area contributed by atoms with Crippen molar-refractivity contribution in [2.75, 3.05) is 0 Å². The number of fused-ring (bicyclic) bond motifs is 1. The fourth-order valence-corrected chi connectivity index (χ4v) is 4.31. The van der Waals surface area contributed by atoms with Crippen molar-refractivity contribution in [1.82, 2.24) is 9.99 Å². The number of carbonyl (C=O) groups is 1. The van der Waals surface area contributed by atoms with Crippen LogP contribution in [0.4, 0.5) is 0 Å². The number of carbonyl (C=O) groups excluding carboxylic acids is 1. The highest BCUT2D eigenvalue weighted by molar-refractivity contribution is 6.42. The zero-order valence-electron chi connectivity index (χ0n) is 19.7. The van der Waals surface area contributed by atoms with Gasteiger partial charge >= 0.3 is 0 Å². The number of hydrazone groups is 1. The van der Waals surface area contributed by atoms with E-state index in [2.05, 4.69) is 48.0 Å². The molecule has 34 heavy (non-hydrogen) atoms. The van der Waals surface area contributed by atoms with Crippen LogP contribution in [0.5, 0.6) is 0 Å². The predicted octanol–water partition coefficient (Wildman–Crippen LogP) is 7.37. The summed E-state index contributed by atoms with van der Waals surface area (Å²) in [6, 6.07) is 21.5. The van der Waals surface area contributed by atoms with E-state index < -0.39 is 0 Å². The molecular weight excluding hydrogens is 465 g/mol. The highest BCUT2D eigenvalue weighted by atomic mass is 35.5. The van der Waals surface area contributed by atoms with Crippen molar-refractivity contribution >= 4 is 46.2 Å². The highest BCUT2D eigenvalue weighted by Crippen LogP contribution is 2.28. The average Bonchev–Trinajstić information content (AvgIpc) is 3.07. The lowest BCUT2D eigenvalue weighted by molar-refractivity contribution is 0.0955. The van der Waals surface area contributed by atoms with E-state index in [0.717, 1.165) is 27.7 Å². The van der Waals surface area contributed by atoms with E-state index in [4.69, 9.17) is 23.2 Å². The van der Waals surface area contributed by atoms with E-state index >= 15 is 0 Å². The third-order valence-electron chi connectivity index (χ3n) is 5.98. The van der Waals surface area contributed by atoms with Crippen LogP contribution in [0.2, 0.25) is 10.0 Å². The number of hydrogen-bond acceptors (Lipinski definition) is 2. The molecule has 3 aromatic carbocycles. The molecule has 0 bridgehead atoms. The minimum atomic E-state index is -0.242. The molecule has 174 valence electrons. The van der Waals surface area contributed by atoms with Gasteiger partial charge in [0.25, 0.3) is 5.91 Å². The van der Waals surface area contributed by atoms with Crippen LogP contribution in [0.3, 0.4) is 0 Å². The zero-order chi connectivity index (χ0) is 24.5. The fraction of sp³-hybridized carbons (Fsp3) is 0.214. The Bertz CT molecular complexity index is 1380. The maximum Gasteiger partial charge on any atom is 0.271 e. The number of halogens is 2. The molecule has 1 amide bonds. The largest absolute Gasteiger partial charge is 0.340 e. The number of aromatic nitrogens is 1. The van der Waals surface area contributed by atoms with Gasteiger partial charge in [-0.3, -0.25) is 4.79 Å². The van der Waals surface area contributed by atoms with Gasteiger partial charge in [-0.25, -0.2) is 5.43 Å². The van der Waals surface area contributed by atoms with Crippen LogP contribution in [0.1, 0.15) is 53.5 Å². The molecule has 1 aromatic heterocycles. The minimum Gasteiger partial charge on any atom is -0.340 e. The molecule has 0 aliphatic carbocycles. The maximum atomic E-state index is 12.6. The second-order valence-electron chi connectivity index (χ2n) is 9.38. The number of hydrogen-bond donors (Lipinski definition) is 1. The Morgan fingerprint density at radius 3 is 2.38 bits per heavy atom.